The molecule has 3 heterocycles. The number of thioether (sulfide) groups is 1. The zero-order valence-corrected chi connectivity index (χ0v) is 11.7. The largest absolute Gasteiger partial charge is 0.314 e. The van der Waals surface area contributed by atoms with E-state index in [9.17, 15) is 0 Å². The van der Waals surface area contributed by atoms with E-state index < -0.39 is 0 Å². The van der Waals surface area contributed by atoms with Crippen molar-refractivity contribution in [1.82, 2.24) is 10.2 Å². The molecule has 0 aromatic heterocycles. The average molecular weight is 254 g/mol. The fourth-order valence-corrected chi connectivity index (χ4v) is 5.02. The zero-order valence-electron chi connectivity index (χ0n) is 10.9. The van der Waals surface area contributed by atoms with Crippen molar-refractivity contribution in [3.05, 3.63) is 0 Å². The van der Waals surface area contributed by atoms with E-state index >= 15 is 0 Å². The van der Waals surface area contributed by atoms with Gasteiger partial charge in [0.25, 0.3) is 0 Å². The van der Waals surface area contributed by atoms with Gasteiger partial charge < -0.3 is 10.2 Å². The highest BCUT2D eigenvalue weighted by Gasteiger charge is 2.29. The van der Waals surface area contributed by atoms with Crippen molar-refractivity contribution in [3.8, 4) is 0 Å². The van der Waals surface area contributed by atoms with Crippen LogP contribution in [0.25, 0.3) is 0 Å². The predicted molar refractivity (Wildman–Crippen MR) is 75.6 cm³/mol. The highest BCUT2D eigenvalue weighted by molar-refractivity contribution is 7.99. The first-order chi connectivity index (χ1) is 8.42. The highest BCUT2D eigenvalue weighted by atomic mass is 32.2. The van der Waals surface area contributed by atoms with Crippen LogP contribution in [0.5, 0.6) is 0 Å². The third-order valence-corrected chi connectivity index (χ3v) is 6.07. The maximum atomic E-state index is 3.69. The maximum Gasteiger partial charge on any atom is 0.00967 e. The van der Waals surface area contributed by atoms with E-state index in [4.69, 9.17) is 0 Å². The van der Waals surface area contributed by atoms with Gasteiger partial charge in [-0.1, -0.05) is 0 Å². The standard InChI is InChI=1S/C14H26N2S/c1-2-14(15-6-1)13-3-7-16(8-4-13)10-12-5-9-17-11-12/h12-15H,1-11H2. The first-order valence-electron chi connectivity index (χ1n) is 7.45. The summed E-state index contributed by atoms with van der Waals surface area (Å²) < 4.78 is 0. The van der Waals surface area contributed by atoms with Gasteiger partial charge in [0.05, 0.1) is 0 Å². The van der Waals surface area contributed by atoms with E-state index in [0.717, 1.165) is 17.9 Å². The highest BCUT2D eigenvalue weighted by Crippen LogP contribution is 2.28. The molecule has 2 unspecified atom stereocenters. The predicted octanol–water partition coefficient (Wildman–Crippen LogP) is 2.20. The molecule has 3 rings (SSSR count). The van der Waals surface area contributed by atoms with Gasteiger partial charge in [0.15, 0.2) is 0 Å². The Morgan fingerprint density at radius 1 is 1.12 bits per heavy atom. The lowest BCUT2D eigenvalue weighted by Crippen LogP contribution is -2.42. The Labute approximate surface area is 110 Å². The smallest absolute Gasteiger partial charge is 0.00967 e. The van der Waals surface area contributed by atoms with Crippen molar-refractivity contribution in [1.29, 1.82) is 0 Å². The van der Waals surface area contributed by atoms with E-state index in [1.165, 1.54) is 69.8 Å². The molecule has 0 aliphatic carbocycles. The van der Waals surface area contributed by atoms with Crippen molar-refractivity contribution < 1.29 is 0 Å². The van der Waals surface area contributed by atoms with Gasteiger partial charge in [0, 0.05) is 12.6 Å². The summed E-state index contributed by atoms with van der Waals surface area (Å²) in [6.45, 7) is 5.38. The van der Waals surface area contributed by atoms with Crippen LogP contribution in [-0.2, 0) is 0 Å². The molecule has 2 atom stereocenters. The molecule has 0 saturated carbocycles. The van der Waals surface area contributed by atoms with Gasteiger partial charge in [-0.2, -0.15) is 11.8 Å². The van der Waals surface area contributed by atoms with Gasteiger partial charge in [-0.05, 0) is 75.1 Å². The second kappa shape index (κ2) is 5.94. The van der Waals surface area contributed by atoms with Gasteiger partial charge in [-0.15, -0.1) is 0 Å². The Morgan fingerprint density at radius 3 is 2.65 bits per heavy atom. The lowest BCUT2D eigenvalue weighted by Gasteiger charge is -2.36. The van der Waals surface area contributed by atoms with Crippen LogP contribution in [0.2, 0.25) is 0 Å². The van der Waals surface area contributed by atoms with Gasteiger partial charge in [0.2, 0.25) is 0 Å². The Balaban J connectivity index is 1.40. The normalized spacial score (nSPS) is 36.7. The van der Waals surface area contributed by atoms with Crippen molar-refractivity contribution in [2.24, 2.45) is 11.8 Å². The Morgan fingerprint density at radius 2 is 2.00 bits per heavy atom. The maximum absolute atomic E-state index is 3.69. The van der Waals surface area contributed by atoms with Crippen LogP contribution in [0, 0.1) is 11.8 Å². The third-order valence-electron chi connectivity index (χ3n) is 4.84. The van der Waals surface area contributed by atoms with E-state index in [-0.39, 0.29) is 0 Å². The molecule has 3 aliphatic rings. The molecule has 3 fully saturated rings. The van der Waals surface area contributed by atoms with E-state index in [1.807, 2.05) is 0 Å². The molecule has 0 aromatic rings. The minimum absolute atomic E-state index is 0.860. The summed E-state index contributed by atoms with van der Waals surface area (Å²) in [5.41, 5.74) is 0. The molecule has 0 radical (unpaired) electrons. The Hall–Kier alpha value is 0.270. The summed E-state index contributed by atoms with van der Waals surface area (Å²) in [6.07, 6.45) is 7.19. The van der Waals surface area contributed by atoms with Gasteiger partial charge in [-0.25, -0.2) is 0 Å². The number of nitrogens with one attached hydrogen (secondary N) is 1. The molecule has 17 heavy (non-hydrogen) atoms. The fraction of sp³-hybridized carbons (Fsp3) is 1.00. The molecular weight excluding hydrogens is 228 g/mol. The van der Waals surface area contributed by atoms with Crippen molar-refractivity contribution >= 4 is 11.8 Å². The van der Waals surface area contributed by atoms with Crippen molar-refractivity contribution in [2.45, 2.75) is 38.1 Å². The second-order valence-electron chi connectivity index (χ2n) is 6.07. The van der Waals surface area contributed by atoms with Crippen molar-refractivity contribution in [3.63, 3.8) is 0 Å². The molecule has 3 saturated heterocycles. The molecule has 0 bridgehead atoms. The molecule has 0 aromatic carbocycles. The lowest BCUT2D eigenvalue weighted by molar-refractivity contribution is 0.148. The number of nitrogens with zero attached hydrogens (tertiary/aromatic N) is 1. The molecule has 2 nitrogen and oxygen atoms in total. The van der Waals surface area contributed by atoms with Crippen LogP contribution < -0.4 is 5.32 Å². The lowest BCUT2D eigenvalue weighted by atomic mass is 9.88. The second-order valence-corrected chi connectivity index (χ2v) is 7.22. The third kappa shape index (κ3) is 3.18. The molecule has 98 valence electrons. The monoisotopic (exact) mass is 254 g/mol. The summed E-state index contributed by atoms with van der Waals surface area (Å²) in [6, 6.07) is 0.860. The van der Waals surface area contributed by atoms with Crippen LogP contribution in [0.15, 0.2) is 0 Å². The van der Waals surface area contributed by atoms with Crippen LogP contribution in [0.3, 0.4) is 0 Å². The van der Waals surface area contributed by atoms with Gasteiger partial charge in [-0.3, -0.25) is 0 Å². The summed E-state index contributed by atoms with van der Waals surface area (Å²) in [7, 11) is 0. The molecular formula is C14H26N2S. The number of hydrogen-bond donors (Lipinski definition) is 1. The fourth-order valence-electron chi connectivity index (χ4n) is 3.74. The first-order valence-corrected chi connectivity index (χ1v) is 8.61. The molecule has 3 aliphatic heterocycles. The SMILES string of the molecule is C1CNC(C2CCN(CC3CCSC3)CC2)C1. The quantitative estimate of drug-likeness (QED) is 0.831. The number of rotatable bonds is 3. The zero-order chi connectivity index (χ0) is 11.5. The van der Waals surface area contributed by atoms with Gasteiger partial charge in [0.1, 0.15) is 0 Å². The minimum Gasteiger partial charge on any atom is -0.314 e. The van der Waals surface area contributed by atoms with Gasteiger partial charge >= 0.3 is 0 Å². The van der Waals surface area contributed by atoms with Crippen LogP contribution in [0.1, 0.15) is 32.1 Å². The van der Waals surface area contributed by atoms with Crippen LogP contribution >= 0.6 is 11.8 Å². The average Bonchev–Trinajstić information content (AvgIpc) is 3.01. The van der Waals surface area contributed by atoms with Crippen molar-refractivity contribution in [2.75, 3.05) is 37.7 Å². The Kier molecular flexibility index (Phi) is 4.30. The summed E-state index contributed by atoms with van der Waals surface area (Å²) >= 11 is 2.16. The number of piperidine rings is 1. The number of hydrogen-bond acceptors (Lipinski definition) is 3. The molecule has 3 heteroatoms. The Bertz CT molecular complexity index is 226. The molecule has 1 N–H and O–H groups in total. The summed E-state index contributed by atoms with van der Waals surface area (Å²) in [4.78, 5) is 2.74. The number of likely N-dealkylation sites (tertiary alicyclic amines) is 1. The van der Waals surface area contributed by atoms with E-state index in [0.29, 0.717) is 0 Å². The summed E-state index contributed by atoms with van der Waals surface area (Å²) in [5.74, 6) is 4.81. The topological polar surface area (TPSA) is 15.3 Å². The van der Waals surface area contributed by atoms with Crippen LogP contribution in [0.4, 0.5) is 0 Å². The van der Waals surface area contributed by atoms with Crippen LogP contribution in [-0.4, -0.2) is 48.6 Å². The van der Waals surface area contributed by atoms with E-state index in [1.54, 1.807) is 0 Å². The molecule has 0 amide bonds. The molecule has 0 spiro atoms. The summed E-state index contributed by atoms with van der Waals surface area (Å²) in [5, 5.41) is 3.69. The first kappa shape index (κ1) is 12.3. The minimum atomic E-state index is 0.860. The van der Waals surface area contributed by atoms with E-state index in [2.05, 4.69) is 22.0 Å².